The van der Waals surface area contributed by atoms with Gasteiger partial charge in [0.2, 0.25) is 0 Å². The lowest BCUT2D eigenvalue weighted by Gasteiger charge is -2.11. The summed E-state index contributed by atoms with van der Waals surface area (Å²) in [6.45, 7) is 0.677. The van der Waals surface area contributed by atoms with Crippen molar-refractivity contribution in [1.29, 1.82) is 5.26 Å². The van der Waals surface area contributed by atoms with E-state index in [0.717, 1.165) is 23.3 Å². The van der Waals surface area contributed by atoms with Gasteiger partial charge in [0.25, 0.3) is 0 Å². The van der Waals surface area contributed by atoms with Gasteiger partial charge in [-0.15, -0.1) is 0 Å². The molecule has 1 heterocycles. The van der Waals surface area contributed by atoms with Crippen LogP contribution in [0.1, 0.15) is 22.3 Å². The number of imidazole rings is 1. The highest BCUT2D eigenvalue weighted by atomic mass is 16.5. The Labute approximate surface area is 164 Å². The minimum absolute atomic E-state index is 0.517. The summed E-state index contributed by atoms with van der Waals surface area (Å²) >= 11 is 0. The van der Waals surface area contributed by atoms with Crippen LogP contribution in [-0.2, 0) is 13.0 Å². The minimum atomic E-state index is 0.517. The molecule has 28 heavy (non-hydrogen) atoms. The number of hydrogen-bond donors (Lipinski definition) is 0. The van der Waals surface area contributed by atoms with Gasteiger partial charge in [-0.1, -0.05) is 48.5 Å². The molecular formula is C24H19N3O. The molecule has 4 nitrogen and oxygen atoms in total. The van der Waals surface area contributed by atoms with Crippen LogP contribution < -0.4 is 4.74 Å². The first-order chi connectivity index (χ1) is 13.8. The fraction of sp³-hybridized carbons (Fsp3) is 0.0833. The van der Waals surface area contributed by atoms with Crippen LogP contribution in [0.3, 0.4) is 0 Å². The van der Waals surface area contributed by atoms with Gasteiger partial charge in [0.05, 0.1) is 11.9 Å². The second-order valence-electron chi connectivity index (χ2n) is 6.59. The van der Waals surface area contributed by atoms with E-state index in [1.165, 1.54) is 5.56 Å². The Hall–Kier alpha value is -3.84. The van der Waals surface area contributed by atoms with Crippen LogP contribution in [0, 0.1) is 11.3 Å². The van der Waals surface area contributed by atoms with Crippen molar-refractivity contribution in [2.24, 2.45) is 0 Å². The monoisotopic (exact) mass is 365 g/mol. The van der Waals surface area contributed by atoms with Crippen LogP contribution in [0.15, 0.2) is 91.5 Å². The Bertz CT molecular complexity index is 1100. The van der Waals surface area contributed by atoms with Crippen LogP contribution in [-0.4, -0.2) is 9.55 Å². The summed E-state index contributed by atoms with van der Waals surface area (Å²) in [5.41, 5.74) is 3.98. The van der Waals surface area contributed by atoms with Crippen molar-refractivity contribution in [3.05, 3.63) is 114 Å². The predicted molar refractivity (Wildman–Crippen MR) is 108 cm³/mol. The Morgan fingerprint density at radius 3 is 2.54 bits per heavy atom. The maximum Gasteiger partial charge on any atom is 0.145 e. The van der Waals surface area contributed by atoms with E-state index in [1.54, 1.807) is 18.6 Å². The van der Waals surface area contributed by atoms with Crippen LogP contribution in [0.2, 0.25) is 0 Å². The molecular weight excluding hydrogens is 346 g/mol. The maximum atomic E-state index is 9.45. The lowest BCUT2D eigenvalue weighted by atomic mass is 10.0. The van der Waals surface area contributed by atoms with E-state index >= 15 is 0 Å². The highest BCUT2D eigenvalue weighted by molar-refractivity contribution is 5.48. The number of rotatable bonds is 6. The average Bonchev–Trinajstić information content (AvgIpc) is 3.22. The molecule has 0 amide bonds. The predicted octanol–water partition coefficient (Wildman–Crippen LogP) is 5.19. The molecule has 4 rings (SSSR count). The van der Waals surface area contributed by atoms with Gasteiger partial charge in [-0.3, -0.25) is 0 Å². The fourth-order valence-corrected chi connectivity index (χ4v) is 3.11. The number of aromatic nitrogens is 2. The molecule has 4 aromatic rings. The van der Waals surface area contributed by atoms with E-state index in [2.05, 4.69) is 29.3 Å². The number of ether oxygens (including phenoxy) is 1. The van der Waals surface area contributed by atoms with Crippen LogP contribution >= 0.6 is 0 Å². The number of nitriles is 1. The fourth-order valence-electron chi connectivity index (χ4n) is 3.11. The van der Waals surface area contributed by atoms with Crippen molar-refractivity contribution in [2.45, 2.75) is 13.0 Å². The molecule has 0 saturated heterocycles. The van der Waals surface area contributed by atoms with E-state index in [-0.39, 0.29) is 0 Å². The molecule has 0 spiro atoms. The lowest BCUT2D eigenvalue weighted by molar-refractivity contribution is 0.479. The zero-order chi connectivity index (χ0) is 19.2. The van der Waals surface area contributed by atoms with Crippen LogP contribution in [0.25, 0.3) is 0 Å². The summed E-state index contributed by atoms with van der Waals surface area (Å²) in [5.74, 6) is 1.29. The van der Waals surface area contributed by atoms with Gasteiger partial charge in [0.15, 0.2) is 0 Å². The summed E-state index contributed by atoms with van der Waals surface area (Å²) in [5, 5.41) is 9.45. The minimum Gasteiger partial charge on any atom is -0.456 e. The topological polar surface area (TPSA) is 50.8 Å². The second-order valence-corrected chi connectivity index (χ2v) is 6.59. The van der Waals surface area contributed by atoms with Gasteiger partial charge in [0, 0.05) is 18.9 Å². The zero-order valence-corrected chi connectivity index (χ0v) is 15.3. The molecule has 1 aromatic heterocycles. The number of hydrogen-bond acceptors (Lipinski definition) is 3. The quantitative estimate of drug-likeness (QED) is 0.473. The van der Waals surface area contributed by atoms with Gasteiger partial charge < -0.3 is 9.30 Å². The molecule has 136 valence electrons. The zero-order valence-electron chi connectivity index (χ0n) is 15.3. The largest absolute Gasteiger partial charge is 0.456 e. The highest BCUT2D eigenvalue weighted by Gasteiger charge is 2.08. The van der Waals surface area contributed by atoms with Crippen molar-refractivity contribution >= 4 is 0 Å². The van der Waals surface area contributed by atoms with Gasteiger partial charge in [-0.2, -0.15) is 5.26 Å². The smallest absolute Gasteiger partial charge is 0.145 e. The maximum absolute atomic E-state index is 9.45. The first kappa shape index (κ1) is 17.6. The third-order valence-corrected chi connectivity index (χ3v) is 4.47. The van der Waals surface area contributed by atoms with Gasteiger partial charge >= 0.3 is 0 Å². The van der Waals surface area contributed by atoms with Crippen molar-refractivity contribution in [2.75, 3.05) is 0 Å². The summed E-state index contributed by atoms with van der Waals surface area (Å²) in [6.07, 6.45) is 6.26. The summed E-state index contributed by atoms with van der Waals surface area (Å²) in [7, 11) is 0. The molecule has 3 aromatic carbocycles. The van der Waals surface area contributed by atoms with Crippen molar-refractivity contribution < 1.29 is 4.74 Å². The Morgan fingerprint density at radius 1 is 0.893 bits per heavy atom. The normalized spacial score (nSPS) is 10.4. The first-order valence-corrected chi connectivity index (χ1v) is 9.09. The molecule has 0 radical (unpaired) electrons. The summed E-state index contributed by atoms with van der Waals surface area (Å²) < 4.78 is 8.07. The molecule has 0 aliphatic carbocycles. The van der Waals surface area contributed by atoms with E-state index < -0.39 is 0 Å². The molecule has 0 N–H and O–H groups in total. The van der Waals surface area contributed by atoms with Gasteiger partial charge in [-0.25, -0.2) is 4.98 Å². The van der Waals surface area contributed by atoms with Crippen molar-refractivity contribution in [3.8, 4) is 17.6 Å². The summed E-state index contributed by atoms with van der Waals surface area (Å²) in [6, 6.07) is 26.2. The molecule has 0 fully saturated rings. The lowest BCUT2D eigenvalue weighted by Crippen LogP contribution is -1.98. The Kier molecular flexibility index (Phi) is 5.17. The van der Waals surface area contributed by atoms with E-state index in [4.69, 9.17) is 4.74 Å². The molecule has 0 saturated carbocycles. The molecule has 0 unspecified atom stereocenters. The molecule has 0 atom stereocenters. The number of nitrogens with zero attached hydrogens (tertiary/aromatic N) is 3. The second kappa shape index (κ2) is 8.24. The Morgan fingerprint density at radius 2 is 1.75 bits per heavy atom. The highest BCUT2D eigenvalue weighted by Crippen LogP contribution is 2.28. The average molecular weight is 365 g/mol. The van der Waals surface area contributed by atoms with E-state index in [0.29, 0.717) is 17.9 Å². The molecule has 0 bridgehead atoms. The summed E-state index contributed by atoms with van der Waals surface area (Å²) in [4.78, 5) is 4.07. The third kappa shape index (κ3) is 4.28. The third-order valence-electron chi connectivity index (χ3n) is 4.47. The molecule has 0 aliphatic heterocycles. The van der Waals surface area contributed by atoms with E-state index in [9.17, 15) is 5.26 Å². The van der Waals surface area contributed by atoms with Gasteiger partial charge in [0.1, 0.15) is 17.6 Å². The van der Waals surface area contributed by atoms with Crippen LogP contribution in [0.5, 0.6) is 11.5 Å². The SMILES string of the molecule is N#Cc1ccc(Cn2ccnc2)cc1Oc1cccc(Cc2ccccc2)c1. The first-order valence-electron chi connectivity index (χ1n) is 9.09. The van der Waals surface area contributed by atoms with Crippen LogP contribution in [0.4, 0.5) is 0 Å². The molecule has 0 aliphatic rings. The van der Waals surface area contributed by atoms with Gasteiger partial charge in [-0.05, 0) is 47.4 Å². The Balaban J connectivity index is 1.56. The molecule has 4 heteroatoms. The van der Waals surface area contributed by atoms with Crippen molar-refractivity contribution in [3.63, 3.8) is 0 Å². The van der Waals surface area contributed by atoms with E-state index in [1.807, 2.05) is 59.3 Å². The standard InChI is InChI=1S/C24H19N3O/c25-16-22-10-9-21(17-27-12-11-26-18-27)15-24(22)28-23-8-4-7-20(14-23)13-19-5-2-1-3-6-19/h1-12,14-15,18H,13,17H2. The van der Waals surface area contributed by atoms with Crippen molar-refractivity contribution in [1.82, 2.24) is 9.55 Å². The number of benzene rings is 3.